The molecule has 1 N–H and O–H groups in total. The molecule has 1 aromatic heterocycles. The normalized spacial score (nSPS) is 13.8. The molecule has 1 aliphatic heterocycles. The molecule has 5 nitrogen and oxygen atoms in total. The Bertz CT molecular complexity index is 686. The zero-order chi connectivity index (χ0) is 13.9. The van der Waals surface area contributed by atoms with E-state index in [0.717, 1.165) is 5.56 Å². The van der Waals surface area contributed by atoms with Crippen LogP contribution in [0, 0.1) is 0 Å². The molecule has 20 heavy (non-hydrogen) atoms. The highest BCUT2D eigenvalue weighted by Gasteiger charge is 2.21. The van der Waals surface area contributed by atoms with Crippen molar-refractivity contribution in [3.8, 4) is 5.75 Å². The summed E-state index contributed by atoms with van der Waals surface area (Å²) < 4.78 is 5.19. The number of carbonyl (C=O) groups is 1. The minimum atomic E-state index is -0.259. The molecule has 100 valence electrons. The second-order valence-electron chi connectivity index (χ2n) is 4.13. The van der Waals surface area contributed by atoms with E-state index in [1.807, 2.05) is 36.4 Å². The molecule has 0 saturated carbocycles. The maximum Gasteiger partial charge on any atom is 0.263 e. The van der Waals surface area contributed by atoms with Crippen molar-refractivity contribution in [1.29, 1.82) is 0 Å². The van der Waals surface area contributed by atoms with E-state index in [4.69, 9.17) is 16.3 Å². The van der Waals surface area contributed by atoms with Crippen LogP contribution in [0.15, 0.2) is 30.3 Å². The molecule has 6 heteroatoms. The first-order valence-electron chi connectivity index (χ1n) is 5.96. The molecule has 0 aliphatic carbocycles. The van der Waals surface area contributed by atoms with E-state index < -0.39 is 0 Å². The molecule has 0 radical (unpaired) electrons. The molecule has 1 amide bonds. The van der Waals surface area contributed by atoms with Gasteiger partial charge in [-0.3, -0.25) is 4.79 Å². The molecular weight excluding hydrogens is 278 g/mol. The van der Waals surface area contributed by atoms with Gasteiger partial charge >= 0.3 is 0 Å². The number of ether oxygens (including phenoxy) is 1. The SMILES string of the molecule is O=C1COc2c(Cl)nc(C=Cc3ccccc3)nc2N1. The van der Waals surface area contributed by atoms with Gasteiger partial charge in [0.1, 0.15) is 0 Å². The third kappa shape index (κ3) is 2.62. The van der Waals surface area contributed by atoms with Crippen molar-refractivity contribution in [2.75, 3.05) is 11.9 Å². The second kappa shape index (κ2) is 5.30. The van der Waals surface area contributed by atoms with Crippen molar-refractivity contribution < 1.29 is 9.53 Å². The van der Waals surface area contributed by atoms with Gasteiger partial charge in [-0.05, 0) is 11.6 Å². The lowest BCUT2D eigenvalue weighted by Gasteiger charge is -2.17. The minimum absolute atomic E-state index is 0.0741. The van der Waals surface area contributed by atoms with Gasteiger partial charge < -0.3 is 10.1 Å². The fraction of sp³-hybridized carbons (Fsp3) is 0.0714. The second-order valence-corrected chi connectivity index (χ2v) is 4.49. The van der Waals surface area contributed by atoms with Crippen LogP contribution in [-0.4, -0.2) is 22.5 Å². The Morgan fingerprint density at radius 1 is 1.20 bits per heavy atom. The van der Waals surface area contributed by atoms with E-state index in [1.54, 1.807) is 6.08 Å². The molecule has 0 saturated heterocycles. The molecule has 3 rings (SSSR count). The Labute approximate surface area is 120 Å². The van der Waals surface area contributed by atoms with Gasteiger partial charge in [-0.25, -0.2) is 9.97 Å². The van der Waals surface area contributed by atoms with E-state index in [-0.39, 0.29) is 17.7 Å². The van der Waals surface area contributed by atoms with Crippen molar-refractivity contribution in [3.63, 3.8) is 0 Å². The standard InChI is InChI=1S/C14H10ClN3O2/c15-13-12-14(18-11(19)8-20-12)17-10(16-13)7-6-9-4-2-1-3-5-9/h1-7H,8H2,(H,16,17,18,19). The average molecular weight is 288 g/mol. The number of nitrogens with zero attached hydrogens (tertiary/aromatic N) is 2. The molecule has 0 atom stereocenters. The number of amides is 1. The Morgan fingerprint density at radius 2 is 2.00 bits per heavy atom. The number of fused-ring (bicyclic) bond motifs is 1. The molecular formula is C14H10ClN3O2. The van der Waals surface area contributed by atoms with Crippen LogP contribution in [0.5, 0.6) is 5.75 Å². The summed E-state index contributed by atoms with van der Waals surface area (Å²) in [6.07, 6.45) is 3.59. The number of carbonyl (C=O) groups excluding carboxylic acids is 1. The van der Waals surface area contributed by atoms with Gasteiger partial charge in [0.2, 0.25) is 0 Å². The Hall–Kier alpha value is -2.40. The predicted molar refractivity (Wildman–Crippen MR) is 76.5 cm³/mol. The fourth-order valence-electron chi connectivity index (χ4n) is 1.77. The molecule has 2 aromatic rings. The van der Waals surface area contributed by atoms with Crippen LogP contribution in [-0.2, 0) is 4.79 Å². The van der Waals surface area contributed by atoms with Crippen molar-refractivity contribution >= 4 is 35.5 Å². The Kier molecular flexibility index (Phi) is 3.35. The molecule has 2 heterocycles. The largest absolute Gasteiger partial charge is 0.477 e. The van der Waals surface area contributed by atoms with Gasteiger partial charge in [0, 0.05) is 0 Å². The third-order valence-electron chi connectivity index (χ3n) is 2.67. The minimum Gasteiger partial charge on any atom is -0.477 e. The third-order valence-corrected chi connectivity index (χ3v) is 2.93. The van der Waals surface area contributed by atoms with E-state index in [1.165, 1.54) is 0 Å². The smallest absolute Gasteiger partial charge is 0.263 e. The van der Waals surface area contributed by atoms with E-state index in [9.17, 15) is 4.79 Å². The molecule has 0 fully saturated rings. The van der Waals surface area contributed by atoms with E-state index in [0.29, 0.717) is 17.4 Å². The number of aromatic nitrogens is 2. The molecule has 1 aliphatic rings. The van der Waals surface area contributed by atoms with Gasteiger partial charge in [0.25, 0.3) is 5.91 Å². The van der Waals surface area contributed by atoms with Crippen LogP contribution in [0.25, 0.3) is 12.2 Å². The number of anilines is 1. The summed E-state index contributed by atoms with van der Waals surface area (Å²) >= 11 is 6.02. The topological polar surface area (TPSA) is 64.1 Å². The highest BCUT2D eigenvalue weighted by atomic mass is 35.5. The number of benzene rings is 1. The number of hydrogen-bond acceptors (Lipinski definition) is 4. The number of rotatable bonds is 2. The predicted octanol–water partition coefficient (Wildman–Crippen LogP) is 2.63. The fourth-order valence-corrected chi connectivity index (χ4v) is 2.00. The van der Waals surface area contributed by atoms with Gasteiger partial charge in [-0.15, -0.1) is 0 Å². The summed E-state index contributed by atoms with van der Waals surface area (Å²) in [7, 11) is 0. The van der Waals surface area contributed by atoms with Gasteiger partial charge in [0.05, 0.1) is 0 Å². The average Bonchev–Trinajstić information content (AvgIpc) is 2.46. The first-order chi connectivity index (χ1) is 9.72. The van der Waals surface area contributed by atoms with E-state index in [2.05, 4.69) is 15.3 Å². The lowest BCUT2D eigenvalue weighted by Crippen LogP contribution is -2.26. The van der Waals surface area contributed by atoms with Crippen molar-refractivity contribution in [2.45, 2.75) is 0 Å². The summed E-state index contributed by atoms with van der Waals surface area (Å²) in [5.74, 6) is 0.755. The number of nitrogens with one attached hydrogen (secondary N) is 1. The quantitative estimate of drug-likeness (QED) is 0.863. The first-order valence-corrected chi connectivity index (χ1v) is 6.33. The highest BCUT2D eigenvalue weighted by Crippen LogP contribution is 2.32. The van der Waals surface area contributed by atoms with Crippen LogP contribution < -0.4 is 10.1 Å². The van der Waals surface area contributed by atoms with Gasteiger partial charge in [-0.1, -0.05) is 48.0 Å². The molecule has 0 bridgehead atoms. The van der Waals surface area contributed by atoms with Crippen LogP contribution in [0.1, 0.15) is 11.4 Å². The maximum absolute atomic E-state index is 11.3. The highest BCUT2D eigenvalue weighted by molar-refractivity contribution is 6.31. The number of halogens is 1. The Morgan fingerprint density at radius 3 is 2.80 bits per heavy atom. The van der Waals surface area contributed by atoms with Crippen molar-refractivity contribution in [1.82, 2.24) is 9.97 Å². The summed E-state index contributed by atoms with van der Waals surface area (Å²) in [5, 5.41) is 2.79. The Balaban J connectivity index is 1.91. The summed E-state index contributed by atoms with van der Waals surface area (Å²) in [6.45, 7) is -0.0741. The zero-order valence-electron chi connectivity index (χ0n) is 10.3. The molecule has 0 spiro atoms. The van der Waals surface area contributed by atoms with Gasteiger partial charge in [-0.2, -0.15) is 0 Å². The lowest BCUT2D eigenvalue weighted by molar-refractivity contribution is -0.118. The van der Waals surface area contributed by atoms with E-state index >= 15 is 0 Å². The summed E-state index contributed by atoms with van der Waals surface area (Å²) in [5.41, 5.74) is 1.02. The molecule has 1 aromatic carbocycles. The van der Waals surface area contributed by atoms with Crippen LogP contribution in [0.2, 0.25) is 5.15 Å². The van der Waals surface area contributed by atoms with Crippen molar-refractivity contribution in [2.24, 2.45) is 0 Å². The van der Waals surface area contributed by atoms with Crippen molar-refractivity contribution in [3.05, 3.63) is 46.9 Å². The summed E-state index contributed by atoms with van der Waals surface area (Å²) in [4.78, 5) is 19.6. The lowest BCUT2D eigenvalue weighted by atomic mass is 10.2. The molecule has 0 unspecified atom stereocenters. The van der Waals surface area contributed by atoms with Crippen LogP contribution in [0.3, 0.4) is 0 Å². The summed E-state index contributed by atoms with van der Waals surface area (Å²) in [6, 6.07) is 9.74. The van der Waals surface area contributed by atoms with Crippen LogP contribution in [0.4, 0.5) is 5.82 Å². The monoisotopic (exact) mass is 287 g/mol. The van der Waals surface area contributed by atoms with Gasteiger partial charge in [0.15, 0.2) is 29.2 Å². The first kappa shape index (κ1) is 12.6. The van der Waals surface area contributed by atoms with Crippen LogP contribution >= 0.6 is 11.6 Å². The zero-order valence-corrected chi connectivity index (χ0v) is 11.1. The maximum atomic E-state index is 11.3. The number of hydrogen-bond donors (Lipinski definition) is 1.